The van der Waals surface area contributed by atoms with E-state index in [0.29, 0.717) is 5.56 Å². The predicted octanol–water partition coefficient (Wildman–Crippen LogP) is 4.50. The van der Waals surface area contributed by atoms with Crippen molar-refractivity contribution in [1.29, 1.82) is 0 Å². The molecule has 4 rings (SSSR count). The molecule has 2 heterocycles. The van der Waals surface area contributed by atoms with E-state index in [2.05, 4.69) is 25.1 Å². The number of nitrogens with zero attached hydrogens (tertiary/aromatic N) is 1. The van der Waals surface area contributed by atoms with Crippen LogP contribution < -0.4 is 30.6 Å². The molecule has 0 radical (unpaired) electrons. The SMILES string of the molecule is NC(=O)c1cncc(COc2ccc(NC(=O)Nc3ccc4c(c3)OC(F)(F)C(F)(F)O4)c(F)c2)c1. The van der Waals surface area contributed by atoms with E-state index in [1.807, 2.05) is 0 Å². The number of urea groups is 1. The first-order chi connectivity index (χ1) is 16.9. The van der Waals surface area contributed by atoms with Gasteiger partial charge in [0.2, 0.25) is 5.91 Å². The Morgan fingerprint density at radius 1 is 0.944 bits per heavy atom. The molecule has 0 spiro atoms. The van der Waals surface area contributed by atoms with Crippen LogP contribution in [-0.4, -0.2) is 29.1 Å². The number of ether oxygens (including phenoxy) is 3. The summed E-state index contributed by atoms with van der Waals surface area (Å²) in [5.74, 6) is -2.81. The van der Waals surface area contributed by atoms with Gasteiger partial charge in [-0.15, -0.1) is 0 Å². The van der Waals surface area contributed by atoms with E-state index < -0.39 is 41.5 Å². The van der Waals surface area contributed by atoms with Gasteiger partial charge in [-0.3, -0.25) is 9.78 Å². The standard InChI is InChI=1S/C22H15F5N4O5/c23-15-7-14(34-10-11-5-12(19(28)32)9-29-8-11)2-3-16(15)31-20(33)30-13-1-4-17-18(6-13)36-22(26,27)21(24,25)35-17/h1-9H,10H2,(H2,28,32)(H2,30,31,33). The molecule has 1 aromatic heterocycles. The first kappa shape index (κ1) is 24.5. The average Bonchev–Trinajstić information content (AvgIpc) is 2.80. The number of nitrogens with two attached hydrogens (primary N) is 1. The van der Waals surface area contributed by atoms with Gasteiger partial charge in [-0.25, -0.2) is 9.18 Å². The lowest BCUT2D eigenvalue weighted by Gasteiger charge is -2.31. The van der Waals surface area contributed by atoms with Crippen LogP contribution in [0.5, 0.6) is 17.2 Å². The van der Waals surface area contributed by atoms with Crippen molar-refractivity contribution >= 4 is 23.3 Å². The van der Waals surface area contributed by atoms with Gasteiger partial charge in [0.25, 0.3) is 0 Å². The summed E-state index contributed by atoms with van der Waals surface area (Å²) >= 11 is 0. The summed E-state index contributed by atoms with van der Waals surface area (Å²) < 4.78 is 81.0. The molecule has 0 saturated carbocycles. The number of hydrogen-bond acceptors (Lipinski definition) is 6. The molecule has 9 nitrogen and oxygen atoms in total. The highest BCUT2D eigenvalue weighted by Crippen LogP contribution is 2.47. The van der Waals surface area contributed by atoms with Crippen molar-refractivity contribution in [1.82, 2.24) is 4.98 Å². The lowest BCUT2D eigenvalue weighted by Crippen LogP contribution is -2.52. The molecule has 0 fully saturated rings. The highest BCUT2D eigenvalue weighted by Gasteiger charge is 2.65. The molecule has 14 heteroatoms. The van der Waals surface area contributed by atoms with Gasteiger partial charge in [0, 0.05) is 35.8 Å². The fraction of sp³-hybridized carbons (Fsp3) is 0.136. The van der Waals surface area contributed by atoms with Crippen LogP contribution in [0.15, 0.2) is 54.9 Å². The van der Waals surface area contributed by atoms with Crippen molar-refractivity contribution in [2.75, 3.05) is 10.6 Å². The molecule has 2 aromatic carbocycles. The maximum atomic E-state index is 14.4. The number of carbonyl (C=O) groups is 2. The zero-order valence-corrected chi connectivity index (χ0v) is 17.9. The molecule has 1 aliphatic heterocycles. The number of fused-ring (bicyclic) bond motifs is 1. The number of nitrogens with one attached hydrogen (secondary N) is 2. The first-order valence-corrected chi connectivity index (χ1v) is 9.95. The number of anilines is 2. The molecule has 3 aromatic rings. The molecule has 3 amide bonds. The third-order valence-corrected chi connectivity index (χ3v) is 4.69. The Morgan fingerprint density at radius 3 is 2.36 bits per heavy atom. The molecular formula is C22H15F5N4O5. The summed E-state index contributed by atoms with van der Waals surface area (Å²) in [6.07, 6.45) is -7.07. The van der Waals surface area contributed by atoms with Gasteiger partial charge < -0.3 is 30.6 Å². The normalized spacial score (nSPS) is 15.0. The molecule has 4 N–H and O–H groups in total. The number of carbonyl (C=O) groups excluding carboxylic acids is 2. The van der Waals surface area contributed by atoms with Crippen LogP contribution in [0.3, 0.4) is 0 Å². The van der Waals surface area contributed by atoms with Gasteiger partial charge in [0.05, 0.1) is 11.3 Å². The van der Waals surface area contributed by atoms with E-state index in [-0.39, 0.29) is 29.3 Å². The van der Waals surface area contributed by atoms with Crippen molar-refractivity contribution in [3.05, 3.63) is 71.8 Å². The summed E-state index contributed by atoms with van der Waals surface area (Å²) in [5, 5.41) is 4.44. The zero-order valence-electron chi connectivity index (χ0n) is 17.9. The summed E-state index contributed by atoms with van der Waals surface area (Å²) in [5.41, 5.74) is 5.50. The second kappa shape index (κ2) is 9.20. The number of alkyl halides is 4. The van der Waals surface area contributed by atoms with Crippen LogP contribution in [0.25, 0.3) is 0 Å². The fourth-order valence-corrected chi connectivity index (χ4v) is 2.98. The number of rotatable bonds is 6. The first-order valence-electron chi connectivity index (χ1n) is 9.95. The van der Waals surface area contributed by atoms with E-state index in [9.17, 15) is 31.5 Å². The molecule has 0 aliphatic carbocycles. The van der Waals surface area contributed by atoms with Crippen LogP contribution in [-0.2, 0) is 6.61 Å². The van der Waals surface area contributed by atoms with Crippen LogP contribution in [0.4, 0.5) is 38.1 Å². The van der Waals surface area contributed by atoms with E-state index in [4.69, 9.17) is 10.5 Å². The van der Waals surface area contributed by atoms with Gasteiger partial charge in [0.1, 0.15) is 18.2 Å². The average molecular weight is 510 g/mol. The number of halogens is 5. The van der Waals surface area contributed by atoms with Crippen molar-refractivity contribution in [3.8, 4) is 17.2 Å². The van der Waals surface area contributed by atoms with Crippen molar-refractivity contribution < 1.29 is 45.8 Å². The summed E-state index contributed by atoms with van der Waals surface area (Å²) in [4.78, 5) is 27.3. The zero-order chi connectivity index (χ0) is 26.1. The molecule has 36 heavy (non-hydrogen) atoms. The van der Waals surface area contributed by atoms with Crippen LogP contribution in [0.2, 0.25) is 0 Å². The monoisotopic (exact) mass is 510 g/mol. The molecule has 0 unspecified atom stereocenters. The number of primary amides is 1. The van der Waals surface area contributed by atoms with E-state index in [1.165, 1.54) is 30.6 Å². The molecule has 1 aliphatic rings. The lowest BCUT2D eigenvalue weighted by molar-refractivity contribution is -0.391. The molecule has 0 atom stereocenters. The third-order valence-electron chi connectivity index (χ3n) is 4.69. The van der Waals surface area contributed by atoms with Crippen molar-refractivity contribution in [3.63, 3.8) is 0 Å². The molecular weight excluding hydrogens is 495 g/mol. The minimum atomic E-state index is -4.92. The van der Waals surface area contributed by atoms with Crippen LogP contribution >= 0.6 is 0 Å². The minimum Gasteiger partial charge on any atom is -0.489 e. The number of amides is 3. The van der Waals surface area contributed by atoms with Crippen molar-refractivity contribution in [2.45, 2.75) is 18.8 Å². The quantitative estimate of drug-likeness (QED) is 0.420. The number of pyridine rings is 1. The van der Waals surface area contributed by atoms with Crippen molar-refractivity contribution in [2.24, 2.45) is 5.73 Å². The van der Waals surface area contributed by atoms with Gasteiger partial charge in [-0.2, -0.15) is 17.6 Å². The Morgan fingerprint density at radius 2 is 1.67 bits per heavy atom. The Hall–Kier alpha value is -4.62. The second-order valence-electron chi connectivity index (χ2n) is 7.35. The number of benzene rings is 2. The minimum absolute atomic E-state index is 0.0457. The van der Waals surface area contributed by atoms with Gasteiger partial charge in [-0.1, -0.05) is 0 Å². The maximum absolute atomic E-state index is 14.4. The summed E-state index contributed by atoms with van der Waals surface area (Å²) in [6.45, 7) is -0.0457. The smallest absolute Gasteiger partial charge is 0.489 e. The van der Waals surface area contributed by atoms with E-state index in [1.54, 1.807) is 0 Å². The Labute approximate surface area is 199 Å². The predicted molar refractivity (Wildman–Crippen MR) is 114 cm³/mol. The van der Waals surface area contributed by atoms with Gasteiger partial charge in [-0.05, 0) is 30.3 Å². The van der Waals surface area contributed by atoms with Crippen LogP contribution in [0.1, 0.15) is 15.9 Å². The Balaban J connectivity index is 1.37. The third kappa shape index (κ3) is 5.21. The molecule has 0 bridgehead atoms. The Kier molecular flexibility index (Phi) is 6.26. The summed E-state index contributed by atoms with van der Waals surface area (Å²) in [6, 6.07) is 6.89. The number of aromatic nitrogens is 1. The van der Waals surface area contributed by atoms with E-state index >= 15 is 0 Å². The Bertz CT molecular complexity index is 1340. The van der Waals surface area contributed by atoms with Gasteiger partial charge >= 0.3 is 18.2 Å². The fourth-order valence-electron chi connectivity index (χ4n) is 2.98. The number of hydrogen-bond donors (Lipinski definition) is 3. The lowest BCUT2D eigenvalue weighted by atomic mass is 10.2. The highest BCUT2D eigenvalue weighted by molar-refractivity contribution is 6.00. The second-order valence-corrected chi connectivity index (χ2v) is 7.35. The largest absolute Gasteiger partial charge is 0.507 e. The van der Waals surface area contributed by atoms with Gasteiger partial charge in [0.15, 0.2) is 11.5 Å². The topological polar surface area (TPSA) is 125 Å². The molecule has 0 saturated heterocycles. The summed E-state index contributed by atoms with van der Waals surface area (Å²) in [7, 11) is 0. The highest BCUT2D eigenvalue weighted by atomic mass is 19.3. The van der Waals surface area contributed by atoms with Crippen LogP contribution in [0, 0.1) is 5.82 Å². The molecule has 188 valence electrons. The maximum Gasteiger partial charge on any atom is 0.507 e. The van der Waals surface area contributed by atoms with E-state index in [0.717, 1.165) is 24.3 Å².